The maximum atomic E-state index is 5.43. The highest BCUT2D eigenvalue weighted by atomic mass is 16.5. The van der Waals surface area contributed by atoms with Crippen molar-refractivity contribution in [3.05, 3.63) is 30.1 Å². The van der Waals surface area contributed by atoms with Crippen molar-refractivity contribution < 1.29 is 4.74 Å². The first-order chi connectivity index (χ1) is 7.40. The molecule has 0 saturated heterocycles. The molecule has 3 heteroatoms. The van der Waals surface area contributed by atoms with Gasteiger partial charge in [-0.1, -0.05) is 6.07 Å². The summed E-state index contributed by atoms with van der Waals surface area (Å²) in [6.07, 6.45) is 7.77. The molecule has 1 heterocycles. The molecule has 1 fully saturated rings. The van der Waals surface area contributed by atoms with E-state index in [1.54, 1.807) is 13.3 Å². The van der Waals surface area contributed by atoms with Crippen molar-refractivity contribution in [1.29, 1.82) is 0 Å². The summed E-state index contributed by atoms with van der Waals surface area (Å²) in [7, 11) is 1.80. The number of rotatable bonds is 4. The number of methoxy groups -OCH3 is 1. The van der Waals surface area contributed by atoms with E-state index in [0.29, 0.717) is 12.1 Å². The SMILES string of the molecule is COC1CCCC1NCc1cccnc1. The molecule has 1 aliphatic rings. The minimum atomic E-state index is 0.390. The lowest BCUT2D eigenvalue weighted by atomic mass is 10.2. The van der Waals surface area contributed by atoms with Crippen molar-refractivity contribution in [2.24, 2.45) is 0 Å². The van der Waals surface area contributed by atoms with Gasteiger partial charge in [0.2, 0.25) is 0 Å². The molecule has 1 aromatic heterocycles. The summed E-state index contributed by atoms with van der Waals surface area (Å²) in [5, 5.41) is 3.53. The van der Waals surface area contributed by atoms with Crippen LogP contribution in [0.4, 0.5) is 0 Å². The van der Waals surface area contributed by atoms with Crippen molar-refractivity contribution >= 4 is 0 Å². The van der Waals surface area contributed by atoms with Crippen LogP contribution in [0.3, 0.4) is 0 Å². The normalized spacial score (nSPS) is 25.7. The lowest BCUT2D eigenvalue weighted by molar-refractivity contribution is 0.0847. The summed E-state index contributed by atoms with van der Waals surface area (Å²) in [4.78, 5) is 4.10. The Bertz CT molecular complexity index is 289. The Labute approximate surface area is 90.9 Å². The molecule has 1 saturated carbocycles. The summed E-state index contributed by atoms with van der Waals surface area (Å²) in [5.74, 6) is 0. The number of nitrogens with one attached hydrogen (secondary N) is 1. The zero-order valence-electron chi connectivity index (χ0n) is 9.15. The molecule has 1 aromatic rings. The molecule has 0 aliphatic heterocycles. The van der Waals surface area contributed by atoms with E-state index in [9.17, 15) is 0 Å². The topological polar surface area (TPSA) is 34.1 Å². The van der Waals surface area contributed by atoms with Gasteiger partial charge in [0, 0.05) is 32.1 Å². The van der Waals surface area contributed by atoms with Crippen molar-refractivity contribution in [3.8, 4) is 0 Å². The van der Waals surface area contributed by atoms with E-state index < -0.39 is 0 Å². The molecule has 0 bridgehead atoms. The summed E-state index contributed by atoms with van der Waals surface area (Å²) in [6, 6.07) is 4.58. The average molecular weight is 206 g/mol. The molecule has 2 rings (SSSR count). The highest BCUT2D eigenvalue weighted by Gasteiger charge is 2.26. The van der Waals surface area contributed by atoms with Gasteiger partial charge in [-0.15, -0.1) is 0 Å². The van der Waals surface area contributed by atoms with Gasteiger partial charge in [0.1, 0.15) is 0 Å². The maximum Gasteiger partial charge on any atom is 0.0724 e. The number of aromatic nitrogens is 1. The lowest BCUT2D eigenvalue weighted by Gasteiger charge is -2.19. The zero-order chi connectivity index (χ0) is 10.5. The lowest BCUT2D eigenvalue weighted by Crippen LogP contribution is -2.36. The fourth-order valence-electron chi connectivity index (χ4n) is 2.19. The molecule has 0 amide bonds. The van der Waals surface area contributed by atoms with Gasteiger partial charge in [-0.25, -0.2) is 0 Å². The third-order valence-corrected chi connectivity index (χ3v) is 3.05. The smallest absolute Gasteiger partial charge is 0.0724 e. The van der Waals surface area contributed by atoms with Crippen LogP contribution in [0, 0.1) is 0 Å². The van der Waals surface area contributed by atoms with Crippen LogP contribution in [0.2, 0.25) is 0 Å². The van der Waals surface area contributed by atoms with Crippen LogP contribution in [0.5, 0.6) is 0 Å². The second-order valence-electron chi connectivity index (χ2n) is 4.05. The van der Waals surface area contributed by atoms with Gasteiger partial charge in [0.05, 0.1) is 6.10 Å². The standard InChI is InChI=1S/C12H18N2O/c1-15-12-6-2-5-11(12)14-9-10-4-3-7-13-8-10/h3-4,7-8,11-12,14H,2,5-6,9H2,1H3. The van der Waals surface area contributed by atoms with Crippen molar-refractivity contribution in [3.63, 3.8) is 0 Å². The summed E-state index contributed by atoms with van der Waals surface area (Å²) < 4.78 is 5.43. The number of hydrogen-bond acceptors (Lipinski definition) is 3. The van der Waals surface area contributed by atoms with Gasteiger partial charge in [0.15, 0.2) is 0 Å². The molecular weight excluding hydrogens is 188 g/mol. The van der Waals surface area contributed by atoms with E-state index in [4.69, 9.17) is 4.74 Å². The molecule has 0 aromatic carbocycles. The van der Waals surface area contributed by atoms with Gasteiger partial charge in [-0.05, 0) is 30.9 Å². The fourth-order valence-corrected chi connectivity index (χ4v) is 2.19. The van der Waals surface area contributed by atoms with Crippen LogP contribution in [0.1, 0.15) is 24.8 Å². The van der Waals surface area contributed by atoms with Crippen LogP contribution >= 0.6 is 0 Å². The number of nitrogens with zero attached hydrogens (tertiary/aromatic N) is 1. The van der Waals surface area contributed by atoms with Crippen LogP contribution in [0.25, 0.3) is 0 Å². The average Bonchev–Trinajstić information content (AvgIpc) is 2.75. The Kier molecular flexibility index (Phi) is 3.69. The molecule has 82 valence electrons. The summed E-state index contributed by atoms with van der Waals surface area (Å²) in [5.41, 5.74) is 1.24. The first-order valence-electron chi connectivity index (χ1n) is 5.55. The minimum absolute atomic E-state index is 0.390. The molecule has 0 radical (unpaired) electrons. The molecule has 0 spiro atoms. The minimum Gasteiger partial charge on any atom is -0.380 e. The van der Waals surface area contributed by atoms with Gasteiger partial charge >= 0.3 is 0 Å². The number of ether oxygens (including phenoxy) is 1. The first-order valence-corrected chi connectivity index (χ1v) is 5.55. The first kappa shape index (κ1) is 10.6. The largest absolute Gasteiger partial charge is 0.380 e. The van der Waals surface area contributed by atoms with E-state index in [0.717, 1.165) is 6.54 Å². The van der Waals surface area contributed by atoms with Crippen LogP contribution in [-0.2, 0) is 11.3 Å². The van der Waals surface area contributed by atoms with Crippen molar-refractivity contribution in [2.75, 3.05) is 7.11 Å². The van der Waals surface area contributed by atoms with Crippen molar-refractivity contribution in [1.82, 2.24) is 10.3 Å². The van der Waals surface area contributed by atoms with E-state index in [-0.39, 0.29) is 0 Å². The quantitative estimate of drug-likeness (QED) is 0.814. The van der Waals surface area contributed by atoms with E-state index in [1.165, 1.54) is 24.8 Å². The van der Waals surface area contributed by atoms with Gasteiger partial charge in [0.25, 0.3) is 0 Å². The second kappa shape index (κ2) is 5.24. The third kappa shape index (κ3) is 2.76. The van der Waals surface area contributed by atoms with E-state index >= 15 is 0 Å². The highest BCUT2D eigenvalue weighted by molar-refractivity contribution is 5.08. The molecular formula is C12H18N2O. The Morgan fingerprint density at radius 2 is 2.47 bits per heavy atom. The molecule has 2 atom stereocenters. The van der Waals surface area contributed by atoms with Gasteiger partial charge < -0.3 is 10.1 Å². The highest BCUT2D eigenvalue weighted by Crippen LogP contribution is 2.21. The zero-order valence-corrected chi connectivity index (χ0v) is 9.15. The van der Waals surface area contributed by atoms with Crippen LogP contribution in [-0.4, -0.2) is 24.2 Å². The Morgan fingerprint density at radius 3 is 3.20 bits per heavy atom. The van der Waals surface area contributed by atoms with Crippen molar-refractivity contribution in [2.45, 2.75) is 38.0 Å². The number of hydrogen-bond donors (Lipinski definition) is 1. The maximum absolute atomic E-state index is 5.43. The second-order valence-corrected chi connectivity index (χ2v) is 4.05. The Balaban J connectivity index is 1.83. The molecule has 2 unspecified atom stereocenters. The summed E-state index contributed by atoms with van der Waals surface area (Å²) in [6.45, 7) is 0.887. The Morgan fingerprint density at radius 1 is 1.53 bits per heavy atom. The Hall–Kier alpha value is -0.930. The summed E-state index contributed by atoms with van der Waals surface area (Å²) >= 11 is 0. The third-order valence-electron chi connectivity index (χ3n) is 3.05. The number of pyridine rings is 1. The van der Waals surface area contributed by atoms with Gasteiger partial charge in [-0.2, -0.15) is 0 Å². The molecule has 1 aliphatic carbocycles. The predicted molar refractivity (Wildman–Crippen MR) is 59.5 cm³/mol. The van der Waals surface area contributed by atoms with Gasteiger partial charge in [-0.3, -0.25) is 4.98 Å². The van der Waals surface area contributed by atoms with Crippen LogP contribution < -0.4 is 5.32 Å². The van der Waals surface area contributed by atoms with Crippen LogP contribution in [0.15, 0.2) is 24.5 Å². The van der Waals surface area contributed by atoms with E-state index in [1.807, 2.05) is 12.3 Å². The fraction of sp³-hybridized carbons (Fsp3) is 0.583. The molecule has 1 N–H and O–H groups in total. The van der Waals surface area contributed by atoms with E-state index in [2.05, 4.69) is 16.4 Å². The predicted octanol–water partition coefficient (Wildman–Crippen LogP) is 1.74. The monoisotopic (exact) mass is 206 g/mol. The molecule has 15 heavy (non-hydrogen) atoms. The molecule has 3 nitrogen and oxygen atoms in total.